The Hall–Kier alpha value is -1.70. The summed E-state index contributed by atoms with van der Waals surface area (Å²) in [5.41, 5.74) is 1.09. The quantitative estimate of drug-likeness (QED) is 0.571. The van der Waals surface area contributed by atoms with Gasteiger partial charge in [0.05, 0.1) is 7.11 Å². The third kappa shape index (κ3) is 4.77. The van der Waals surface area contributed by atoms with Crippen LogP contribution in [0, 0.1) is 0 Å². The molecule has 0 radical (unpaired) electrons. The molecule has 0 amide bonds. The highest BCUT2D eigenvalue weighted by atomic mass is 16.5. The molecule has 0 atom stereocenters. The Labute approximate surface area is 103 Å². The van der Waals surface area contributed by atoms with Crippen LogP contribution in [-0.2, 0) is 6.42 Å². The number of benzene rings is 1. The summed E-state index contributed by atoms with van der Waals surface area (Å²) in [6.45, 7) is 3.69. The fourth-order valence-corrected chi connectivity index (χ4v) is 1.61. The molecule has 1 N–H and O–H groups in total. The van der Waals surface area contributed by atoms with Crippen molar-refractivity contribution in [3.63, 3.8) is 0 Å². The van der Waals surface area contributed by atoms with E-state index in [4.69, 9.17) is 4.74 Å². The highest BCUT2D eigenvalue weighted by Gasteiger charge is 2.01. The van der Waals surface area contributed by atoms with Crippen LogP contribution in [0.4, 0.5) is 0 Å². The molecular weight excluding hydrogens is 212 g/mol. The number of phenols is 1. The molecule has 0 saturated carbocycles. The van der Waals surface area contributed by atoms with Crippen molar-refractivity contribution in [2.45, 2.75) is 25.7 Å². The van der Waals surface area contributed by atoms with E-state index in [2.05, 4.69) is 18.7 Å². The Morgan fingerprint density at radius 3 is 2.82 bits per heavy atom. The van der Waals surface area contributed by atoms with Crippen LogP contribution in [0.3, 0.4) is 0 Å². The van der Waals surface area contributed by atoms with Crippen LogP contribution in [0.2, 0.25) is 0 Å². The lowest BCUT2D eigenvalue weighted by Gasteiger charge is -2.06. The van der Waals surface area contributed by atoms with Gasteiger partial charge in [0.15, 0.2) is 0 Å². The van der Waals surface area contributed by atoms with Gasteiger partial charge in [-0.3, -0.25) is 0 Å². The number of unbranched alkanes of at least 4 members (excludes halogenated alkanes) is 2. The van der Waals surface area contributed by atoms with E-state index in [0.29, 0.717) is 0 Å². The van der Waals surface area contributed by atoms with Gasteiger partial charge in [0.2, 0.25) is 0 Å². The Kier molecular flexibility index (Phi) is 5.94. The van der Waals surface area contributed by atoms with E-state index in [1.54, 1.807) is 19.2 Å². The summed E-state index contributed by atoms with van der Waals surface area (Å²) in [4.78, 5) is 0. The summed E-state index contributed by atoms with van der Waals surface area (Å²) in [5.74, 6) is 0.973. The van der Waals surface area contributed by atoms with Crippen LogP contribution in [0.15, 0.2) is 43.0 Å². The number of rotatable bonds is 7. The molecule has 2 heteroatoms. The first-order valence-corrected chi connectivity index (χ1v) is 5.89. The van der Waals surface area contributed by atoms with Crippen molar-refractivity contribution in [1.29, 1.82) is 0 Å². The van der Waals surface area contributed by atoms with Gasteiger partial charge in [-0.15, -0.1) is 6.58 Å². The molecule has 0 aromatic heterocycles. The van der Waals surface area contributed by atoms with Crippen LogP contribution in [0.25, 0.3) is 0 Å². The number of hydrogen-bond acceptors (Lipinski definition) is 2. The third-order valence-corrected chi connectivity index (χ3v) is 2.55. The highest BCUT2D eigenvalue weighted by Crippen LogP contribution is 2.24. The topological polar surface area (TPSA) is 29.5 Å². The number of ether oxygens (including phenoxy) is 1. The maximum atomic E-state index is 9.33. The molecule has 0 saturated heterocycles. The summed E-state index contributed by atoms with van der Waals surface area (Å²) in [6, 6.07) is 5.21. The molecule has 92 valence electrons. The van der Waals surface area contributed by atoms with E-state index in [9.17, 15) is 5.11 Å². The van der Waals surface area contributed by atoms with Crippen molar-refractivity contribution < 1.29 is 9.84 Å². The Morgan fingerprint density at radius 2 is 2.12 bits per heavy atom. The summed E-state index contributed by atoms with van der Waals surface area (Å²) in [5, 5.41) is 9.33. The standard InChI is InChI=1S/C15H20O2/c1-3-4-5-6-7-8-9-13-10-11-14(16)12-15(13)17-2/h3,7-8,10-12,16H,1,4-6,9H2,2H3/b8-7+. The molecule has 0 aliphatic heterocycles. The Balaban J connectivity index is 2.48. The average Bonchev–Trinajstić information content (AvgIpc) is 2.35. The predicted molar refractivity (Wildman–Crippen MR) is 71.6 cm³/mol. The summed E-state index contributed by atoms with van der Waals surface area (Å²) in [6.07, 6.45) is 10.4. The van der Waals surface area contributed by atoms with Gasteiger partial charge < -0.3 is 9.84 Å². The van der Waals surface area contributed by atoms with Crippen molar-refractivity contribution in [1.82, 2.24) is 0 Å². The predicted octanol–water partition coefficient (Wildman–Crippen LogP) is 3.86. The monoisotopic (exact) mass is 232 g/mol. The van der Waals surface area contributed by atoms with Crippen molar-refractivity contribution >= 4 is 0 Å². The first-order valence-electron chi connectivity index (χ1n) is 5.89. The van der Waals surface area contributed by atoms with Gasteiger partial charge in [-0.25, -0.2) is 0 Å². The lowest BCUT2D eigenvalue weighted by molar-refractivity contribution is 0.403. The van der Waals surface area contributed by atoms with Crippen molar-refractivity contribution in [3.8, 4) is 11.5 Å². The minimum absolute atomic E-state index is 0.237. The maximum Gasteiger partial charge on any atom is 0.126 e. The first kappa shape index (κ1) is 13.4. The number of hydrogen-bond donors (Lipinski definition) is 1. The Bertz CT molecular complexity index is 381. The van der Waals surface area contributed by atoms with Crippen molar-refractivity contribution in [2.24, 2.45) is 0 Å². The molecule has 0 heterocycles. The van der Waals surface area contributed by atoms with Gasteiger partial charge in [0.25, 0.3) is 0 Å². The first-order chi connectivity index (χ1) is 8.27. The summed E-state index contributed by atoms with van der Waals surface area (Å²) in [7, 11) is 1.62. The normalized spacial score (nSPS) is 10.6. The maximum absolute atomic E-state index is 9.33. The number of phenolic OH excluding ortho intramolecular Hbond substituents is 1. The minimum atomic E-state index is 0.237. The van der Waals surface area contributed by atoms with Crippen LogP contribution in [-0.4, -0.2) is 12.2 Å². The molecule has 0 aliphatic carbocycles. The van der Waals surface area contributed by atoms with Crippen LogP contribution in [0.1, 0.15) is 24.8 Å². The number of aromatic hydroxyl groups is 1. The van der Waals surface area contributed by atoms with Crippen molar-refractivity contribution in [2.75, 3.05) is 7.11 Å². The second kappa shape index (κ2) is 7.55. The fraction of sp³-hybridized carbons (Fsp3) is 0.333. The number of allylic oxidation sites excluding steroid dienone is 3. The molecular formula is C15H20O2. The van der Waals surface area contributed by atoms with Gasteiger partial charge in [-0.05, 0) is 37.3 Å². The molecule has 0 aliphatic rings. The highest BCUT2D eigenvalue weighted by molar-refractivity contribution is 5.40. The van der Waals surface area contributed by atoms with E-state index in [1.165, 1.54) is 0 Å². The molecule has 17 heavy (non-hydrogen) atoms. The lowest BCUT2D eigenvalue weighted by Crippen LogP contribution is -1.90. The molecule has 0 bridgehead atoms. The van der Waals surface area contributed by atoms with Gasteiger partial charge in [-0.1, -0.05) is 24.3 Å². The summed E-state index contributed by atoms with van der Waals surface area (Å²) >= 11 is 0. The zero-order valence-corrected chi connectivity index (χ0v) is 10.4. The molecule has 1 aromatic rings. The molecule has 2 nitrogen and oxygen atoms in total. The molecule has 0 spiro atoms. The van der Waals surface area contributed by atoms with E-state index < -0.39 is 0 Å². The van der Waals surface area contributed by atoms with Gasteiger partial charge >= 0.3 is 0 Å². The summed E-state index contributed by atoms with van der Waals surface area (Å²) < 4.78 is 5.21. The fourth-order valence-electron chi connectivity index (χ4n) is 1.61. The molecule has 1 rings (SSSR count). The average molecular weight is 232 g/mol. The van der Waals surface area contributed by atoms with Crippen LogP contribution < -0.4 is 4.74 Å². The molecule has 1 aromatic carbocycles. The molecule has 0 fully saturated rings. The second-order valence-electron chi connectivity index (χ2n) is 3.89. The molecule has 0 unspecified atom stereocenters. The van der Waals surface area contributed by atoms with Crippen LogP contribution in [0.5, 0.6) is 11.5 Å². The zero-order chi connectivity index (χ0) is 12.5. The van der Waals surface area contributed by atoms with E-state index in [-0.39, 0.29) is 5.75 Å². The van der Waals surface area contributed by atoms with E-state index in [1.807, 2.05) is 12.1 Å². The van der Waals surface area contributed by atoms with Crippen molar-refractivity contribution in [3.05, 3.63) is 48.6 Å². The third-order valence-electron chi connectivity index (χ3n) is 2.55. The van der Waals surface area contributed by atoms with Gasteiger partial charge in [-0.2, -0.15) is 0 Å². The van der Waals surface area contributed by atoms with E-state index >= 15 is 0 Å². The lowest BCUT2D eigenvalue weighted by atomic mass is 10.1. The van der Waals surface area contributed by atoms with E-state index in [0.717, 1.165) is 37.0 Å². The minimum Gasteiger partial charge on any atom is -0.508 e. The SMILES string of the molecule is C=CCCC/C=C/Cc1ccc(O)cc1OC. The number of methoxy groups -OCH3 is 1. The smallest absolute Gasteiger partial charge is 0.126 e. The Morgan fingerprint density at radius 1 is 1.29 bits per heavy atom. The largest absolute Gasteiger partial charge is 0.508 e. The van der Waals surface area contributed by atoms with Gasteiger partial charge in [0.1, 0.15) is 11.5 Å². The zero-order valence-electron chi connectivity index (χ0n) is 10.4. The second-order valence-corrected chi connectivity index (χ2v) is 3.89. The van der Waals surface area contributed by atoms with Gasteiger partial charge in [0, 0.05) is 6.07 Å². The van der Waals surface area contributed by atoms with Crippen LogP contribution >= 0.6 is 0 Å².